The Morgan fingerprint density at radius 1 is 1.19 bits per heavy atom. The molecule has 5 heterocycles. The number of carbonyl (C=O) groups excluding carboxylic acids is 1. The lowest BCUT2D eigenvalue weighted by atomic mass is 9.99. The predicted molar refractivity (Wildman–Crippen MR) is 125 cm³/mol. The molecule has 0 N–H and O–H groups in total. The maximum Gasteiger partial charge on any atom is 0.273 e. The summed E-state index contributed by atoms with van der Waals surface area (Å²) in [6, 6.07) is 5.87. The Labute approximate surface area is 189 Å². The van der Waals surface area contributed by atoms with Crippen molar-refractivity contribution in [1.82, 2.24) is 24.5 Å². The number of nitrogens with zero attached hydrogens (tertiary/aromatic N) is 6. The van der Waals surface area contributed by atoms with Gasteiger partial charge in [-0.3, -0.25) is 9.78 Å². The molecule has 2 fully saturated rings. The van der Waals surface area contributed by atoms with E-state index in [4.69, 9.17) is 10.1 Å². The summed E-state index contributed by atoms with van der Waals surface area (Å²) in [6.07, 6.45) is 9.03. The third-order valence-electron chi connectivity index (χ3n) is 6.90. The van der Waals surface area contributed by atoms with Gasteiger partial charge in [-0.25, -0.2) is 9.50 Å². The van der Waals surface area contributed by atoms with Crippen molar-refractivity contribution >= 4 is 17.4 Å². The van der Waals surface area contributed by atoms with Gasteiger partial charge in [-0.1, -0.05) is 19.9 Å². The van der Waals surface area contributed by atoms with Gasteiger partial charge in [0.25, 0.3) is 5.91 Å². The van der Waals surface area contributed by atoms with Crippen LogP contribution in [0.15, 0.2) is 30.6 Å². The number of hydrogen-bond acceptors (Lipinski definition) is 5. The van der Waals surface area contributed by atoms with Crippen LogP contribution in [0, 0.1) is 12.8 Å². The van der Waals surface area contributed by atoms with Crippen LogP contribution in [0.1, 0.15) is 72.9 Å². The van der Waals surface area contributed by atoms with E-state index in [9.17, 15) is 4.79 Å². The molecule has 0 aromatic carbocycles. The molecule has 7 nitrogen and oxygen atoms in total. The first-order chi connectivity index (χ1) is 15.5. The van der Waals surface area contributed by atoms with Crippen molar-refractivity contribution in [2.45, 2.75) is 58.9 Å². The summed E-state index contributed by atoms with van der Waals surface area (Å²) in [7, 11) is 0. The molecule has 3 aromatic rings. The van der Waals surface area contributed by atoms with Crippen LogP contribution in [0.3, 0.4) is 0 Å². The van der Waals surface area contributed by atoms with Crippen LogP contribution >= 0.6 is 0 Å². The maximum atomic E-state index is 13.3. The molecule has 0 unspecified atom stereocenters. The molecule has 168 valence electrons. The van der Waals surface area contributed by atoms with Gasteiger partial charge in [-0.05, 0) is 56.6 Å². The number of anilines is 1. The molecule has 5 rings (SSSR count). The lowest BCUT2D eigenvalue weighted by Gasteiger charge is -2.34. The average Bonchev–Trinajstić information content (AvgIpc) is 3.43. The Bertz CT molecular complexity index is 1120. The zero-order valence-corrected chi connectivity index (χ0v) is 19.3. The number of likely N-dealkylation sites (tertiary alicyclic amines) is 1. The molecule has 2 atom stereocenters. The van der Waals surface area contributed by atoms with Crippen molar-refractivity contribution in [2.24, 2.45) is 5.92 Å². The van der Waals surface area contributed by atoms with Gasteiger partial charge >= 0.3 is 0 Å². The molecule has 0 radical (unpaired) electrons. The first-order valence-electron chi connectivity index (χ1n) is 11.9. The van der Waals surface area contributed by atoms with Crippen LogP contribution in [-0.2, 0) is 6.42 Å². The van der Waals surface area contributed by atoms with Crippen molar-refractivity contribution in [3.05, 3.63) is 53.1 Å². The van der Waals surface area contributed by atoms with Crippen LogP contribution < -0.4 is 4.90 Å². The summed E-state index contributed by atoms with van der Waals surface area (Å²) in [5.41, 5.74) is 4.56. The SMILES string of the molecule is CCc1ccc(C(=O)N2CCCC[C@H]2c2cc3nc(N4CC[C@H](C)C4)c(C)cn3n2)nc1. The maximum absolute atomic E-state index is 13.3. The number of hydrogen-bond donors (Lipinski definition) is 0. The number of carbonyl (C=O) groups is 1. The van der Waals surface area contributed by atoms with Crippen LogP contribution in [-0.4, -0.2) is 50.0 Å². The Morgan fingerprint density at radius 2 is 2.06 bits per heavy atom. The van der Waals surface area contributed by atoms with E-state index in [1.807, 2.05) is 27.7 Å². The highest BCUT2D eigenvalue weighted by atomic mass is 16.2. The summed E-state index contributed by atoms with van der Waals surface area (Å²) >= 11 is 0. The quantitative estimate of drug-likeness (QED) is 0.618. The number of aryl methyl sites for hydroxylation is 2. The van der Waals surface area contributed by atoms with Crippen LogP contribution in [0.5, 0.6) is 0 Å². The predicted octanol–water partition coefficient (Wildman–Crippen LogP) is 4.21. The highest BCUT2D eigenvalue weighted by Crippen LogP contribution is 2.32. The Hall–Kier alpha value is -2.96. The van der Waals surface area contributed by atoms with Gasteiger partial charge < -0.3 is 9.80 Å². The molecule has 2 aliphatic rings. The normalized spacial score (nSPS) is 21.5. The zero-order valence-electron chi connectivity index (χ0n) is 19.3. The zero-order chi connectivity index (χ0) is 22.2. The molecule has 3 aromatic heterocycles. The van der Waals surface area contributed by atoms with Crippen molar-refractivity contribution in [3.8, 4) is 0 Å². The van der Waals surface area contributed by atoms with E-state index in [1.54, 1.807) is 0 Å². The molecule has 0 saturated carbocycles. The first kappa shape index (κ1) is 20.9. The Kier molecular flexibility index (Phi) is 5.57. The Morgan fingerprint density at radius 3 is 2.78 bits per heavy atom. The van der Waals surface area contributed by atoms with Crippen LogP contribution in [0.2, 0.25) is 0 Å². The third kappa shape index (κ3) is 3.85. The van der Waals surface area contributed by atoms with Crippen molar-refractivity contribution in [1.29, 1.82) is 0 Å². The molecule has 0 bridgehead atoms. The van der Waals surface area contributed by atoms with Crippen molar-refractivity contribution in [3.63, 3.8) is 0 Å². The van der Waals surface area contributed by atoms with E-state index in [2.05, 4.69) is 42.9 Å². The molecule has 0 spiro atoms. The largest absolute Gasteiger partial charge is 0.356 e. The van der Waals surface area contributed by atoms with Gasteiger partial charge in [-0.15, -0.1) is 0 Å². The van der Waals surface area contributed by atoms with E-state index in [0.717, 1.165) is 73.6 Å². The lowest BCUT2D eigenvalue weighted by Crippen LogP contribution is -2.39. The minimum Gasteiger partial charge on any atom is -0.356 e. The fraction of sp³-hybridized carbons (Fsp3) is 0.520. The summed E-state index contributed by atoms with van der Waals surface area (Å²) < 4.78 is 1.87. The van der Waals surface area contributed by atoms with Gasteiger partial charge in [0.1, 0.15) is 11.5 Å². The Balaban J connectivity index is 1.44. The number of fused-ring (bicyclic) bond motifs is 1. The van der Waals surface area contributed by atoms with E-state index in [0.29, 0.717) is 11.6 Å². The van der Waals surface area contributed by atoms with Crippen molar-refractivity contribution in [2.75, 3.05) is 24.5 Å². The number of amides is 1. The monoisotopic (exact) mass is 432 g/mol. The summed E-state index contributed by atoms with van der Waals surface area (Å²) in [5, 5.41) is 4.85. The van der Waals surface area contributed by atoms with Crippen LogP contribution in [0.4, 0.5) is 5.82 Å². The average molecular weight is 433 g/mol. The molecule has 2 saturated heterocycles. The molecule has 0 aliphatic carbocycles. The second kappa shape index (κ2) is 8.52. The first-order valence-corrected chi connectivity index (χ1v) is 11.9. The summed E-state index contributed by atoms with van der Waals surface area (Å²) in [6.45, 7) is 9.34. The fourth-order valence-electron chi connectivity index (χ4n) is 5.02. The second-order valence-electron chi connectivity index (χ2n) is 9.37. The van der Waals surface area contributed by atoms with E-state index >= 15 is 0 Å². The minimum absolute atomic E-state index is 0.00899. The lowest BCUT2D eigenvalue weighted by molar-refractivity contribution is 0.0599. The summed E-state index contributed by atoms with van der Waals surface area (Å²) in [4.78, 5) is 27.1. The van der Waals surface area contributed by atoms with E-state index in [-0.39, 0.29) is 11.9 Å². The summed E-state index contributed by atoms with van der Waals surface area (Å²) in [5.74, 6) is 1.75. The van der Waals surface area contributed by atoms with Gasteiger partial charge in [0, 0.05) is 43.7 Å². The topological polar surface area (TPSA) is 66.6 Å². The highest BCUT2D eigenvalue weighted by Gasteiger charge is 2.31. The van der Waals surface area contributed by atoms with E-state index < -0.39 is 0 Å². The molecular weight excluding hydrogens is 400 g/mol. The van der Waals surface area contributed by atoms with Gasteiger partial charge in [-0.2, -0.15) is 5.10 Å². The molecule has 1 amide bonds. The third-order valence-corrected chi connectivity index (χ3v) is 6.90. The molecule has 2 aliphatic heterocycles. The smallest absolute Gasteiger partial charge is 0.273 e. The standard InChI is InChI=1S/C25H32N6O/c1-4-19-8-9-20(26-14-19)25(32)30-11-6-5-7-22(30)21-13-23-27-24(18(3)16-31(23)28-21)29-12-10-17(2)15-29/h8-9,13-14,16-17,22H,4-7,10-12,15H2,1-3H3/t17-,22-/m0/s1. The highest BCUT2D eigenvalue weighted by molar-refractivity contribution is 5.92. The van der Waals surface area contributed by atoms with Gasteiger partial charge in [0.2, 0.25) is 0 Å². The number of rotatable bonds is 4. The number of aromatic nitrogens is 4. The van der Waals surface area contributed by atoms with E-state index in [1.165, 1.54) is 6.42 Å². The molecule has 32 heavy (non-hydrogen) atoms. The molecular formula is C25H32N6O. The number of pyridine rings is 1. The number of piperidine rings is 1. The minimum atomic E-state index is -0.0406. The van der Waals surface area contributed by atoms with Gasteiger partial charge in [0.15, 0.2) is 5.65 Å². The molecule has 7 heteroatoms. The second-order valence-corrected chi connectivity index (χ2v) is 9.37. The fourth-order valence-corrected chi connectivity index (χ4v) is 5.02. The van der Waals surface area contributed by atoms with Crippen molar-refractivity contribution < 1.29 is 4.79 Å². The van der Waals surface area contributed by atoms with Crippen LogP contribution in [0.25, 0.3) is 5.65 Å². The van der Waals surface area contributed by atoms with Gasteiger partial charge in [0.05, 0.1) is 11.7 Å².